The third-order valence-electron chi connectivity index (χ3n) is 7.34. The summed E-state index contributed by atoms with van der Waals surface area (Å²) in [4.78, 5) is 66.3. The minimum absolute atomic E-state index is 0.00270. The molecule has 3 rings (SSSR count). The van der Waals surface area contributed by atoms with E-state index in [0.717, 1.165) is 10.9 Å². The lowest BCUT2D eigenvalue weighted by atomic mass is 10.0. The SMILES string of the molecule is NCCCCC(NC(=O)C(Cc1ccc(O)cc1)NC(=O)C(N)CCC(N)=O)C(=O)NC(Cc1c[nH]c2ccccc12)C(=O)O. The molecule has 0 aliphatic heterocycles. The number of hydrogen-bond acceptors (Lipinski definition) is 8. The number of aromatic nitrogens is 1. The zero-order chi connectivity index (χ0) is 32.9. The molecule has 3 aromatic rings. The lowest BCUT2D eigenvalue weighted by Crippen LogP contribution is -2.57. The second-order valence-electron chi connectivity index (χ2n) is 10.9. The molecule has 1 heterocycles. The van der Waals surface area contributed by atoms with E-state index in [1.807, 2.05) is 24.3 Å². The number of para-hydroxylation sites is 1. The molecule has 45 heavy (non-hydrogen) atoms. The van der Waals surface area contributed by atoms with Gasteiger partial charge in [0.25, 0.3) is 0 Å². The molecule has 4 amide bonds. The number of phenolic OH excluding ortho intramolecular Hbond substituents is 1. The van der Waals surface area contributed by atoms with Crippen molar-refractivity contribution in [3.05, 3.63) is 65.9 Å². The van der Waals surface area contributed by atoms with Crippen molar-refractivity contribution in [1.29, 1.82) is 0 Å². The summed E-state index contributed by atoms with van der Waals surface area (Å²) in [6.45, 7) is 0.351. The van der Waals surface area contributed by atoms with Crippen LogP contribution in [0.1, 0.15) is 43.2 Å². The van der Waals surface area contributed by atoms with E-state index in [9.17, 15) is 34.2 Å². The number of H-pyrrole nitrogens is 1. The molecule has 0 aliphatic rings. The number of carbonyl (C=O) groups excluding carboxylic acids is 4. The van der Waals surface area contributed by atoms with Crippen LogP contribution >= 0.6 is 0 Å². The summed E-state index contributed by atoms with van der Waals surface area (Å²) in [7, 11) is 0. The Labute approximate surface area is 260 Å². The molecule has 0 saturated carbocycles. The van der Waals surface area contributed by atoms with Crippen molar-refractivity contribution in [3.8, 4) is 5.75 Å². The van der Waals surface area contributed by atoms with Gasteiger partial charge in [0.15, 0.2) is 0 Å². The normalized spacial score (nSPS) is 13.7. The molecule has 12 N–H and O–H groups in total. The fourth-order valence-corrected chi connectivity index (χ4v) is 4.81. The number of phenols is 1. The zero-order valence-corrected chi connectivity index (χ0v) is 24.8. The largest absolute Gasteiger partial charge is 0.508 e. The molecule has 4 atom stereocenters. The van der Waals surface area contributed by atoms with Gasteiger partial charge in [0.1, 0.15) is 23.9 Å². The monoisotopic (exact) mass is 623 g/mol. The summed E-state index contributed by atoms with van der Waals surface area (Å²) in [5.41, 5.74) is 18.8. The van der Waals surface area contributed by atoms with E-state index >= 15 is 0 Å². The topological polar surface area (TPSA) is 256 Å². The van der Waals surface area contributed by atoms with Crippen molar-refractivity contribution in [3.63, 3.8) is 0 Å². The number of nitrogens with one attached hydrogen (secondary N) is 4. The Morgan fingerprint density at radius 1 is 0.800 bits per heavy atom. The van der Waals surface area contributed by atoms with E-state index in [1.165, 1.54) is 12.1 Å². The summed E-state index contributed by atoms with van der Waals surface area (Å²) >= 11 is 0. The van der Waals surface area contributed by atoms with E-state index in [0.29, 0.717) is 30.5 Å². The van der Waals surface area contributed by atoms with E-state index in [2.05, 4.69) is 20.9 Å². The first kappa shape index (κ1) is 34.5. The number of carbonyl (C=O) groups is 5. The van der Waals surface area contributed by atoms with Crippen molar-refractivity contribution >= 4 is 40.5 Å². The van der Waals surface area contributed by atoms with Crippen LogP contribution in [0.5, 0.6) is 5.75 Å². The summed E-state index contributed by atoms with van der Waals surface area (Å²) < 4.78 is 0. The molecule has 2 aromatic carbocycles. The highest BCUT2D eigenvalue weighted by atomic mass is 16.4. The molecule has 0 aliphatic carbocycles. The lowest BCUT2D eigenvalue weighted by Gasteiger charge is -2.25. The fourth-order valence-electron chi connectivity index (χ4n) is 4.81. The molecule has 0 spiro atoms. The number of hydrogen-bond donors (Lipinski definition) is 9. The Morgan fingerprint density at radius 3 is 2.11 bits per heavy atom. The fraction of sp³-hybridized carbons (Fsp3) is 0.387. The first-order valence-corrected chi connectivity index (χ1v) is 14.7. The van der Waals surface area contributed by atoms with Gasteiger partial charge in [0.05, 0.1) is 6.04 Å². The predicted octanol–water partition coefficient (Wildman–Crippen LogP) is -0.0805. The number of primary amides is 1. The van der Waals surface area contributed by atoms with Gasteiger partial charge in [-0.3, -0.25) is 19.2 Å². The van der Waals surface area contributed by atoms with Gasteiger partial charge >= 0.3 is 5.97 Å². The van der Waals surface area contributed by atoms with Gasteiger partial charge in [-0.2, -0.15) is 0 Å². The van der Waals surface area contributed by atoms with Gasteiger partial charge in [-0.15, -0.1) is 0 Å². The van der Waals surface area contributed by atoms with Crippen molar-refractivity contribution in [1.82, 2.24) is 20.9 Å². The minimum atomic E-state index is -1.29. The van der Waals surface area contributed by atoms with Crippen LogP contribution in [0.2, 0.25) is 0 Å². The molecule has 14 nitrogen and oxygen atoms in total. The number of benzene rings is 2. The van der Waals surface area contributed by atoms with Crippen molar-refractivity contribution in [2.75, 3.05) is 6.54 Å². The molecule has 14 heteroatoms. The van der Waals surface area contributed by atoms with Crippen LogP contribution in [0.15, 0.2) is 54.7 Å². The van der Waals surface area contributed by atoms with Crippen molar-refractivity contribution < 1.29 is 34.2 Å². The number of nitrogens with two attached hydrogens (primary N) is 3. The first-order chi connectivity index (χ1) is 21.5. The second kappa shape index (κ2) is 16.8. The van der Waals surface area contributed by atoms with Crippen LogP contribution in [-0.4, -0.2) is 75.5 Å². The van der Waals surface area contributed by atoms with E-state index in [1.54, 1.807) is 18.3 Å². The summed E-state index contributed by atoms with van der Waals surface area (Å²) in [6.07, 6.45) is 2.68. The highest BCUT2D eigenvalue weighted by molar-refractivity contribution is 5.94. The predicted molar refractivity (Wildman–Crippen MR) is 167 cm³/mol. The summed E-state index contributed by atoms with van der Waals surface area (Å²) in [5, 5.41) is 28.2. The van der Waals surface area contributed by atoms with Gasteiger partial charge in [-0.05, 0) is 61.6 Å². The van der Waals surface area contributed by atoms with E-state index in [-0.39, 0.29) is 37.9 Å². The molecule has 1 aromatic heterocycles. The smallest absolute Gasteiger partial charge is 0.326 e. The van der Waals surface area contributed by atoms with Crippen LogP contribution in [0.25, 0.3) is 10.9 Å². The number of aromatic hydroxyl groups is 1. The Hall–Kier alpha value is -4.95. The first-order valence-electron chi connectivity index (χ1n) is 14.7. The maximum atomic E-state index is 13.6. The third-order valence-corrected chi connectivity index (χ3v) is 7.34. The molecule has 0 radical (unpaired) electrons. The maximum Gasteiger partial charge on any atom is 0.326 e. The molecular weight excluding hydrogens is 582 g/mol. The number of carboxylic acid groups (broad SMARTS) is 1. The Morgan fingerprint density at radius 2 is 1.44 bits per heavy atom. The number of aromatic amines is 1. The quantitative estimate of drug-likeness (QED) is 0.0857. The Kier molecular flexibility index (Phi) is 12.9. The number of unbranched alkanes of at least 4 members (excludes halogenated alkanes) is 1. The number of fused-ring (bicyclic) bond motifs is 1. The second-order valence-corrected chi connectivity index (χ2v) is 10.9. The van der Waals surface area contributed by atoms with Crippen LogP contribution in [-0.2, 0) is 36.8 Å². The highest BCUT2D eigenvalue weighted by Gasteiger charge is 2.31. The van der Waals surface area contributed by atoms with Crippen LogP contribution in [0.4, 0.5) is 0 Å². The number of rotatable bonds is 18. The van der Waals surface area contributed by atoms with Gasteiger partial charge in [0.2, 0.25) is 23.6 Å². The molecular formula is C31H41N7O7. The molecule has 242 valence electrons. The van der Waals surface area contributed by atoms with Gasteiger partial charge in [0, 0.05) is 36.4 Å². The highest BCUT2D eigenvalue weighted by Crippen LogP contribution is 2.19. The number of amides is 4. The summed E-state index contributed by atoms with van der Waals surface area (Å²) in [5.74, 6) is -4.00. The Balaban J connectivity index is 1.79. The average molecular weight is 624 g/mol. The molecule has 0 saturated heterocycles. The van der Waals surface area contributed by atoms with Crippen LogP contribution in [0.3, 0.4) is 0 Å². The summed E-state index contributed by atoms with van der Waals surface area (Å²) in [6, 6.07) is 8.61. The molecule has 0 fully saturated rings. The standard InChI is InChI=1S/C31H41N7O7/c32-14-4-3-7-24(29(42)38-26(31(44)45)16-19-17-35-23-6-2-1-5-21(19)23)36-30(43)25(15-18-8-10-20(39)11-9-18)37-28(41)22(33)12-13-27(34)40/h1-2,5-6,8-11,17,22,24-26,35,39H,3-4,7,12-16,32-33H2,(H2,34,40)(H,36,43)(H,37,41)(H,38,42)(H,44,45). The number of aliphatic carboxylic acids is 1. The Bertz CT molecular complexity index is 1470. The van der Waals surface area contributed by atoms with Gasteiger partial charge in [-0.1, -0.05) is 30.3 Å². The lowest BCUT2D eigenvalue weighted by molar-refractivity contribution is -0.142. The molecule has 0 bridgehead atoms. The van der Waals surface area contributed by atoms with Crippen LogP contribution in [0, 0.1) is 0 Å². The zero-order valence-electron chi connectivity index (χ0n) is 24.8. The van der Waals surface area contributed by atoms with Crippen molar-refractivity contribution in [2.45, 2.75) is 69.1 Å². The molecule has 4 unspecified atom stereocenters. The maximum absolute atomic E-state index is 13.6. The number of carboxylic acids is 1. The van der Waals surface area contributed by atoms with E-state index in [4.69, 9.17) is 17.2 Å². The minimum Gasteiger partial charge on any atom is -0.508 e. The van der Waals surface area contributed by atoms with Gasteiger partial charge in [-0.25, -0.2) is 4.79 Å². The van der Waals surface area contributed by atoms with Crippen molar-refractivity contribution in [2.24, 2.45) is 17.2 Å². The van der Waals surface area contributed by atoms with Gasteiger partial charge < -0.3 is 48.3 Å². The van der Waals surface area contributed by atoms with Crippen LogP contribution < -0.4 is 33.2 Å². The average Bonchev–Trinajstić information content (AvgIpc) is 3.42. The third kappa shape index (κ3) is 10.6. The van der Waals surface area contributed by atoms with E-state index < -0.39 is 53.8 Å².